The zero-order valence-corrected chi connectivity index (χ0v) is 12.7. The number of rotatable bonds is 3. The lowest BCUT2D eigenvalue weighted by Gasteiger charge is -2.22. The maximum atomic E-state index is 5.52. The molecule has 0 heterocycles. The molecule has 2 aromatic carbocycles. The summed E-state index contributed by atoms with van der Waals surface area (Å²) in [5.74, 6) is 0. The van der Waals surface area contributed by atoms with Crippen molar-refractivity contribution < 1.29 is 0 Å². The van der Waals surface area contributed by atoms with Crippen LogP contribution in [0, 0.1) is 0 Å². The maximum Gasteiger partial charge on any atom is 0.141 e. The van der Waals surface area contributed by atoms with Gasteiger partial charge in [-0.3, -0.25) is 0 Å². The number of thioether (sulfide) groups is 1. The Balaban J connectivity index is 2.02. The van der Waals surface area contributed by atoms with Gasteiger partial charge in [0.25, 0.3) is 0 Å². The summed E-state index contributed by atoms with van der Waals surface area (Å²) in [6, 6.07) is 20.7. The van der Waals surface area contributed by atoms with Gasteiger partial charge in [-0.1, -0.05) is 72.5 Å². The van der Waals surface area contributed by atoms with E-state index in [4.69, 9.17) is 12.2 Å². The molecule has 0 amide bonds. The lowest BCUT2D eigenvalue weighted by atomic mass is 10.2. The summed E-state index contributed by atoms with van der Waals surface area (Å²) in [5, 5.41) is 0.361. The summed E-state index contributed by atoms with van der Waals surface area (Å²) in [6.07, 6.45) is 0. The Bertz CT molecular complexity index is 525. The molecular weight excluding hydrogens is 270 g/mol. The van der Waals surface area contributed by atoms with Crippen LogP contribution in [-0.4, -0.2) is 11.4 Å². The third kappa shape index (κ3) is 3.82. The predicted octanol–water partition coefficient (Wildman–Crippen LogP) is 4.90. The zero-order valence-electron chi connectivity index (χ0n) is 11.1. The summed E-state index contributed by atoms with van der Waals surface area (Å²) >= 11 is 7.24. The van der Waals surface area contributed by atoms with Gasteiger partial charge in [-0.2, -0.15) is 0 Å². The van der Waals surface area contributed by atoms with E-state index in [1.165, 1.54) is 5.56 Å². The van der Waals surface area contributed by atoms with E-state index < -0.39 is 0 Å². The van der Waals surface area contributed by atoms with Gasteiger partial charge < -0.3 is 4.90 Å². The Morgan fingerprint density at radius 2 is 1.53 bits per heavy atom. The van der Waals surface area contributed by atoms with Gasteiger partial charge in [0.05, 0.1) is 0 Å². The first kappa shape index (κ1) is 14.1. The van der Waals surface area contributed by atoms with Gasteiger partial charge in [0.2, 0.25) is 0 Å². The largest absolute Gasteiger partial charge is 0.330 e. The standard InChI is InChI=1S/C16H17NS2/c1-13(14-9-5-3-6-10-14)19-16(18)17(2)15-11-7-4-8-12-15/h3-13H,1-2H3. The van der Waals surface area contributed by atoms with Crippen molar-refractivity contribution in [2.45, 2.75) is 12.2 Å². The van der Waals surface area contributed by atoms with Crippen LogP contribution in [0.25, 0.3) is 0 Å². The Hall–Kier alpha value is -1.32. The SMILES string of the molecule is CC(SC(=S)N(C)c1ccccc1)c1ccccc1. The molecule has 0 aromatic heterocycles. The number of hydrogen-bond donors (Lipinski definition) is 0. The molecule has 1 unspecified atom stereocenters. The van der Waals surface area contributed by atoms with E-state index in [9.17, 15) is 0 Å². The van der Waals surface area contributed by atoms with Crippen molar-refractivity contribution in [1.82, 2.24) is 0 Å². The quantitative estimate of drug-likeness (QED) is 0.739. The van der Waals surface area contributed by atoms with Crippen LogP contribution in [0.4, 0.5) is 5.69 Å². The Morgan fingerprint density at radius 3 is 2.11 bits per heavy atom. The zero-order chi connectivity index (χ0) is 13.7. The number of hydrogen-bond acceptors (Lipinski definition) is 2. The fraction of sp³-hybridized carbons (Fsp3) is 0.188. The van der Waals surface area contributed by atoms with Crippen LogP contribution < -0.4 is 4.90 Å². The monoisotopic (exact) mass is 287 g/mol. The van der Waals surface area contributed by atoms with Gasteiger partial charge in [0.15, 0.2) is 0 Å². The van der Waals surface area contributed by atoms with Crippen LogP contribution in [-0.2, 0) is 0 Å². The van der Waals surface area contributed by atoms with Crippen molar-refractivity contribution in [3.63, 3.8) is 0 Å². The van der Waals surface area contributed by atoms with Gasteiger partial charge in [0.1, 0.15) is 4.32 Å². The number of anilines is 1. The summed E-state index contributed by atoms with van der Waals surface area (Å²) < 4.78 is 0.891. The molecule has 0 saturated carbocycles. The molecule has 19 heavy (non-hydrogen) atoms. The highest BCUT2D eigenvalue weighted by atomic mass is 32.2. The lowest BCUT2D eigenvalue weighted by Crippen LogP contribution is -2.21. The Kier molecular flexibility index (Phi) is 5.00. The third-order valence-electron chi connectivity index (χ3n) is 2.96. The fourth-order valence-corrected chi connectivity index (χ4v) is 3.18. The van der Waals surface area contributed by atoms with E-state index in [2.05, 4.69) is 48.2 Å². The fourth-order valence-electron chi connectivity index (χ4n) is 1.78. The predicted molar refractivity (Wildman–Crippen MR) is 89.9 cm³/mol. The van der Waals surface area contributed by atoms with Gasteiger partial charge in [0, 0.05) is 18.0 Å². The average molecular weight is 287 g/mol. The van der Waals surface area contributed by atoms with E-state index >= 15 is 0 Å². The second-order valence-electron chi connectivity index (χ2n) is 4.33. The van der Waals surface area contributed by atoms with Crippen LogP contribution in [0.3, 0.4) is 0 Å². The van der Waals surface area contributed by atoms with E-state index in [0.29, 0.717) is 5.25 Å². The highest BCUT2D eigenvalue weighted by Gasteiger charge is 2.13. The molecule has 98 valence electrons. The van der Waals surface area contributed by atoms with Gasteiger partial charge in [-0.25, -0.2) is 0 Å². The average Bonchev–Trinajstić information content (AvgIpc) is 2.48. The maximum absolute atomic E-state index is 5.52. The molecule has 0 radical (unpaired) electrons. The van der Waals surface area contributed by atoms with Crippen LogP contribution in [0.1, 0.15) is 17.7 Å². The molecule has 2 rings (SSSR count). The first-order valence-corrected chi connectivity index (χ1v) is 7.51. The summed E-state index contributed by atoms with van der Waals surface area (Å²) in [5.41, 5.74) is 2.43. The summed E-state index contributed by atoms with van der Waals surface area (Å²) in [6.45, 7) is 2.19. The topological polar surface area (TPSA) is 3.24 Å². The van der Waals surface area contributed by atoms with Crippen LogP contribution in [0.2, 0.25) is 0 Å². The van der Waals surface area contributed by atoms with E-state index in [0.717, 1.165) is 10.0 Å². The second kappa shape index (κ2) is 6.73. The first-order valence-electron chi connectivity index (χ1n) is 6.23. The first-order chi connectivity index (χ1) is 9.18. The molecular formula is C16H17NS2. The minimum Gasteiger partial charge on any atom is -0.330 e. The van der Waals surface area contributed by atoms with Crippen LogP contribution in [0.15, 0.2) is 60.7 Å². The normalized spacial score (nSPS) is 11.9. The van der Waals surface area contributed by atoms with Crippen molar-refractivity contribution in [2.24, 2.45) is 0 Å². The molecule has 1 atom stereocenters. The summed E-state index contributed by atoms with van der Waals surface area (Å²) in [4.78, 5) is 2.06. The molecule has 3 heteroatoms. The van der Waals surface area contributed by atoms with Crippen molar-refractivity contribution >= 4 is 34.0 Å². The summed E-state index contributed by atoms with van der Waals surface area (Å²) in [7, 11) is 2.02. The molecule has 0 N–H and O–H groups in total. The molecule has 0 spiro atoms. The lowest BCUT2D eigenvalue weighted by molar-refractivity contribution is 1.11. The Morgan fingerprint density at radius 1 is 1.00 bits per heavy atom. The molecule has 1 nitrogen and oxygen atoms in total. The highest BCUT2D eigenvalue weighted by Crippen LogP contribution is 2.31. The molecule has 0 aliphatic rings. The third-order valence-corrected chi connectivity index (χ3v) is 4.63. The molecule has 0 fully saturated rings. The number of para-hydroxylation sites is 1. The molecule has 0 bridgehead atoms. The second-order valence-corrected chi connectivity index (χ2v) is 6.31. The van der Waals surface area contributed by atoms with Crippen molar-refractivity contribution in [3.05, 3.63) is 66.2 Å². The molecule has 0 aliphatic carbocycles. The van der Waals surface area contributed by atoms with E-state index in [-0.39, 0.29) is 0 Å². The van der Waals surface area contributed by atoms with Crippen LogP contribution >= 0.6 is 24.0 Å². The van der Waals surface area contributed by atoms with Crippen molar-refractivity contribution in [2.75, 3.05) is 11.9 Å². The minimum absolute atomic E-state index is 0.361. The van der Waals surface area contributed by atoms with Gasteiger partial charge >= 0.3 is 0 Å². The number of thiocarbonyl (C=S) groups is 1. The van der Waals surface area contributed by atoms with Crippen molar-refractivity contribution in [3.8, 4) is 0 Å². The van der Waals surface area contributed by atoms with E-state index in [1.54, 1.807) is 11.8 Å². The van der Waals surface area contributed by atoms with Gasteiger partial charge in [-0.15, -0.1) is 0 Å². The van der Waals surface area contributed by atoms with Gasteiger partial charge in [-0.05, 0) is 24.6 Å². The smallest absolute Gasteiger partial charge is 0.141 e. The highest BCUT2D eigenvalue weighted by molar-refractivity contribution is 8.23. The molecule has 2 aromatic rings. The molecule has 0 saturated heterocycles. The van der Waals surface area contributed by atoms with Crippen molar-refractivity contribution in [1.29, 1.82) is 0 Å². The minimum atomic E-state index is 0.361. The van der Waals surface area contributed by atoms with Crippen LogP contribution in [0.5, 0.6) is 0 Å². The number of benzene rings is 2. The van der Waals surface area contributed by atoms with E-state index in [1.807, 2.05) is 31.3 Å². The number of nitrogens with zero attached hydrogens (tertiary/aromatic N) is 1. The Labute approximate surface area is 124 Å². The molecule has 0 aliphatic heterocycles.